The fourth-order valence-corrected chi connectivity index (χ4v) is 13.9. The van der Waals surface area contributed by atoms with Crippen molar-refractivity contribution in [2.45, 2.75) is 42.9 Å². The molecule has 66 heavy (non-hydrogen) atoms. The molecule has 0 unspecified atom stereocenters. The van der Waals surface area contributed by atoms with E-state index in [1.165, 1.54) is 65.5 Å². The van der Waals surface area contributed by atoms with Gasteiger partial charge in [-0.05, 0) is 125 Å². The Kier molecular flexibility index (Phi) is 8.35. The third-order valence-corrected chi connectivity index (χ3v) is 16.3. The van der Waals surface area contributed by atoms with E-state index in [2.05, 4.69) is 182 Å². The van der Waals surface area contributed by atoms with Gasteiger partial charge in [-0.25, -0.2) is 15.0 Å². The van der Waals surface area contributed by atoms with Crippen LogP contribution in [0.3, 0.4) is 0 Å². The van der Waals surface area contributed by atoms with Crippen molar-refractivity contribution in [3.05, 3.63) is 234 Å². The lowest BCUT2D eigenvalue weighted by Gasteiger charge is -2.65. The number of furan rings is 1. The maximum atomic E-state index is 6.26. The van der Waals surface area contributed by atoms with Crippen molar-refractivity contribution < 1.29 is 4.42 Å². The number of hydrogen-bond donors (Lipinski definition) is 0. The highest BCUT2D eigenvalue weighted by Crippen LogP contribution is 2.70. The Morgan fingerprint density at radius 3 is 1.50 bits per heavy atom. The van der Waals surface area contributed by atoms with Gasteiger partial charge in [0.25, 0.3) is 0 Å². The monoisotopic (exact) mass is 849 g/mol. The molecule has 0 saturated heterocycles. The quantitative estimate of drug-likeness (QED) is 0.167. The molecule has 4 nitrogen and oxygen atoms in total. The molecular weight excluding hydrogens is 803 g/mol. The maximum absolute atomic E-state index is 6.26. The van der Waals surface area contributed by atoms with E-state index in [4.69, 9.17) is 19.4 Å². The second-order valence-electron chi connectivity index (χ2n) is 19.5. The Balaban J connectivity index is 0.965. The van der Waals surface area contributed by atoms with Crippen molar-refractivity contribution in [1.82, 2.24) is 15.0 Å². The molecule has 0 radical (unpaired) electrons. The first-order valence-electron chi connectivity index (χ1n) is 23.8. The highest BCUT2D eigenvalue weighted by Gasteiger charge is 2.63. The van der Waals surface area contributed by atoms with Gasteiger partial charge in [-0.15, -0.1) is 0 Å². The van der Waals surface area contributed by atoms with E-state index in [1.54, 1.807) is 0 Å². The summed E-state index contributed by atoms with van der Waals surface area (Å²) in [5.74, 6) is 4.83. The second-order valence-corrected chi connectivity index (χ2v) is 19.5. The summed E-state index contributed by atoms with van der Waals surface area (Å²) in [6, 6.07) is 73.2. The summed E-state index contributed by atoms with van der Waals surface area (Å²) >= 11 is 0. The predicted octanol–water partition coefficient (Wildman–Crippen LogP) is 14.9. The van der Waals surface area contributed by atoms with Crippen LogP contribution >= 0.6 is 0 Å². The SMILES string of the molecule is c1ccc(-c2nc(-c3ccc(-c4ccc5c(c4)oc4ccccc45)cc3)nc(-c3ccc4c(c3)C3(c5ccccc5C4(c4ccccc4)c4ccccc4)C4CC5CC(C4)CC3C5)n2)cc1. The minimum atomic E-state index is -0.511. The molecule has 0 amide bonds. The zero-order chi connectivity index (χ0) is 43.4. The van der Waals surface area contributed by atoms with Gasteiger partial charge < -0.3 is 4.42 Å². The Morgan fingerprint density at radius 2 is 0.833 bits per heavy atom. The van der Waals surface area contributed by atoms with Gasteiger partial charge in [-0.3, -0.25) is 0 Å². The van der Waals surface area contributed by atoms with E-state index < -0.39 is 5.41 Å². The zero-order valence-electron chi connectivity index (χ0n) is 36.6. The highest BCUT2D eigenvalue weighted by molar-refractivity contribution is 6.05. The van der Waals surface area contributed by atoms with Gasteiger partial charge in [0.05, 0.1) is 5.41 Å². The molecule has 5 aliphatic carbocycles. The number of hydrogen-bond acceptors (Lipinski definition) is 4. The van der Waals surface area contributed by atoms with Crippen LogP contribution in [0.15, 0.2) is 205 Å². The van der Waals surface area contributed by atoms with Crippen molar-refractivity contribution in [3.63, 3.8) is 0 Å². The molecule has 0 atom stereocenters. The number of nitrogens with zero attached hydrogens (tertiary/aromatic N) is 3. The van der Waals surface area contributed by atoms with E-state index in [1.807, 2.05) is 18.2 Å². The normalized spacial score (nSPS) is 22.1. The molecule has 1 spiro atoms. The van der Waals surface area contributed by atoms with Crippen molar-refractivity contribution in [2.75, 3.05) is 0 Å². The standard InChI is InChI=1S/C62H47N3O/c1-4-14-42(15-5-1)58-63-59(43-26-24-41(25-27-43)44-28-30-51-50-20-10-13-23-56(50)66-57(51)38-44)65-60(64-58)45-29-31-54-55(37-45)62(48-33-39-32-40(35-48)36-49(62)34-39)53-22-12-11-21-52(53)61(54,46-16-6-2-7-17-46)47-18-8-3-9-19-47/h1-31,37-40,48-49H,32-36H2. The van der Waals surface area contributed by atoms with Gasteiger partial charge >= 0.3 is 0 Å². The Morgan fingerprint density at radius 1 is 0.348 bits per heavy atom. The first-order chi connectivity index (χ1) is 32.6. The van der Waals surface area contributed by atoms with Crippen molar-refractivity contribution in [2.24, 2.45) is 23.7 Å². The smallest absolute Gasteiger partial charge is 0.164 e. The van der Waals surface area contributed by atoms with Crippen molar-refractivity contribution in [3.8, 4) is 45.3 Å². The second kappa shape index (κ2) is 14.5. The summed E-state index contributed by atoms with van der Waals surface area (Å²) in [6.07, 6.45) is 6.59. The van der Waals surface area contributed by atoms with E-state index in [0.717, 1.165) is 61.6 Å². The summed E-state index contributed by atoms with van der Waals surface area (Å²) in [5, 5.41) is 2.27. The number of fused-ring (bicyclic) bond motifs is 5. The molecule has 4 heteroatoms. The fraction of sp³-hybridized carbons (Fsp3) is 0.177. The van der Waals surface area contributed by atoms with E-state index in [9.17, 15) is 0 Å². The molecule has 4 bridgehead atoms. The molecule has 316 valence electrons. The van der Waals surface area contributed by atoms with Gasteiger partial charge in [-0.1, -0.05) is 176 Å². The Bertz CT molecular complexity index is 3420. The molecule has 2 heterocycles. The summed E-state index contributed by atoms with van der Waals surface area (Å²) in [5.41, 5.74) is 14.7. The highest BCUT2D eigenvalue weighted by atomic mass is 16.3. The Hall–Kier alpha value is -7.43. The van der Waals surface area contributed by atoms with Crippen LogP contribution in [0.4, 0.5) is 0 Å². The average molecular weight is 850 g/mol. The summed E-state index contributed by atoms with van der Waals surface area (Å²) in [4.78, 5) is 15.9. The maximum Gasteiger partial charge on any atom is 0.164 e. The number of rotatable bonds is 6. The molecule has 5 aliphatic rings. The third-order valence-electron chi connectivity index (χ3n) is 16.3. The topological polar surface area (TPSA) is 51.8 Å². The fourth-order valence-electron chi connectivity index (χ4n) is 13.9. The first kappa shape index (κ1) is 37.9. The third kappa shape index (κ3) is 5.48. The van der Waals surface area contributed by atoms with Gasteiger partial charge in [0, 0.05) is 32.9 Å². The van der Waals surface area contributed by atoms with E-state index >= 15 is 0 Å². The molecule has 8 aromatic carbocycles. The van der Waals surface area contributed by atoms with Crippen molar-refractivity contribution in [1.29, 1.82) is 0 Å². The lowest BCUT2D eigenvalue weighted by atomic mass is 9.38. The molecular formula is C62H47N3O. The van der Waals surface area contributed by atoms with Crippen LogP contribution in [0.2, 0.25) is 0 Å². The van der Waals surface area contributed by atoms with Crippen molar-refractivity contribution >= 4 is 21.9 Å². The largest absolute Gasteiger partial charge is 0.456 e. The molecule has 10 aromatic rings. The molecule has 15 rings (SSSR count). The van der Waals surface area contributed by atoms with Crippen LogP contribution in [0.5, 0.6) is 0 Å². The number of benzene rings is 8. The van der Waals surface area contributed by atoms with Gasteiger partial charge in [0.2, 0.25) is 0 Å². The lowest BCUT2D eigenvalue weighted by Crippen LogP contribution is -2.59. The lowest BCUT2D eigenvalue weighted by molar-refractivity contribution is -0.0440. The van der Waals surface area contributed by atoms with Crippen LogP contribution in [0, 0.1) is 23.7 Å². The van der Waals surface area contributed by atoms with Gasteiger partial charge in [-0.2, -0.15) is 0 Å². The molecule has 2 aromatic heterocycles. The molecule has 4 fully saturated rings. The van der Waals surface area contributed by atoms with Gasteiger partial charge in [0.15, 0.2) is 17.5 Å². The van der Waals surface area contributed by atoms with E-state index in [-0.39, 0.29) is 5.41 Å². The summed E-state index contributed by atoms with van der Waals surface area (Å²) in [6.45, 7) is 0. The molecule has 0 aliphatic heterocycles. The number of aromatic nitrogens is 3. The minimum Gasteiger partial charge on any atom is -0.456 e. The van der Waals surface area contributed by atoms with Crippen LogP contribution in [0.1, 0.15) is 65.5 Å². The minimum absolute atomic E-state index is 0.109. The van der Waals surface area contributed by atoms with Crippen LogP contribution < -0.4 is 0 Å². The van der Waals surface area contributed by atoms with Crippen LogP contribution in [0.25, 0.3) is 67.2 Å². The zero-order valence-corrected chi connectivity index (χ0v) is 36.6. The first-order valence-corrected chi connectivity index (χ1v) is 23.8. The Labute approximate surface area is 385 Å². The van der Waals surface area contributed by atoms with Crippen LogP contribution in [-0.2, 0) is 10.8 Å². The molecule has 0 N–H and O–H groups in total. The van der Waals surface area contributed by atoms with E-state index in [0.29, 0.717) is 29.3 Å². The molecule has 4 saturated carbocycles. The van der Waals surface area contributed by atoms with Gasteiger partial charge in [0.1, 0.15) is 11.2 Å². The average Bonchev–Trinajstić information content (AvgIpc) is 3.76. The number of para-hydroxylation sites is 1. The summed E-state index contributed by atoms with van der Waals surface area (Å²) < 4.78 is 6.26. The predicted molar refractivity (Wildman–Crippen MR) is 265 cm³/mol. The summed E-state index contributed by atoms with van der Waals surface area (Å²) in [7, 11) is 0. The van der Waals surface area contributed by atoms with Crippen LogP contribution in [-0.4, -0.2) is 15.0 Å².